The van der Waals surface area contributed by atoms with Gasteiger partial charge in [0.2, 0.25) is 0 Å². The Morgan fingerprint density at radius 3 is 2.50 bits per heavy atom. The number of morpholine rings is 1. The third-order valence-corrected chi connectivity index (χ3v) is 5.18. The lowest BCUT2D eigenvalue weighted by molar-refractivity contribution is 0.0303. The lowest BCUT2D eigenvalue weighted by Gasteiger charge is -2.26. The molecule has 32 heavy (non-hydrogen) atoms. The Morgan fingerprint density at radius 1 is 1.09 bits per heavy atom. The topological polar surface area (TPSA) is 79.9 Å². The molecule has 170 valence electrons. The van der Waals surface area contributed by atoms with Crippen LogP contribution >= 0.6 is 12.2 Å². The zero-order chi connectivity index (χ0) is 22.9. The number of nitrogens with zero attached hydrogens (tertiary/aromatic N) is 1. The molecule has 0 atom stereocenters. The summed E-state index contributed by atoms with van der Waals surface area (Å²) in [5.41, 5.74) is 1.74. The highest BCUT2D eigenvalue weighted by Gasteiger charge is 2.18. The molecule has 2 N–H and O–H groups in total. The van der Waals surface area contributed by atoms with Gasteiger partial charge in [-0.05, 0) is 67.0 Å². The fraction of sp³-hybridized carbons (Fsp3) is 0.375. The monoisotopic (exact) mass is 455 g/mol. The van der Waals surface area contributed by atoms with Gasteiger partial charge in [0, 0.05) is 29.9 Å². The van der Waals surface area contributed by atoms with Gasteiger partial charge < -0.3 is 19.7 Å². The van der Waals surface area contributed by atoms with Gasteiger partial charge in [0.1, 0.15) is 5.75 Å². The summed E-state index contributed by atoms with van der Waals surface area (Å²) in [4.78, 5) is 26.8. The van der Waals surface area contributed by atoms with Crippen molar-refractivity contribution in [2.75, 3.05) is 38.2 Å². The minimum atomic E-state index is -0.323. The number of nitrogens with one attached hydrogen (secondary N) is 2. The molecule has 1 aliphatic rings. The summed E-state index contributed by atoms with van der Waals surface area (Å²) in [5, 5.41) is 5.82. The third-order valence-electron chi connectivity index (χ3n) is 4.98. The van der Waals surface area contributed by atoms with Gasteiger partial charge in [-0.15, -0.1) is 0 Å². The lowest BCUT2D eigenvalue weighted by Crippen LogP contribution is -2.40. The van der Waals surface area contributed by atoms with Crippen molar-refractivity contribution >= 4 is 34.8 Å². The number of anilines is 1. The van der Waals surface area contributed by atoms with Gasteiger partial charge in [-0.1, -0.05) is 19.9 Å². The first kappa shape index (κ1) is 23.7. The molecule has 1 heterocycles. The molecule has 0 radical (unpaired) electrons. The smallest absolute Gasteiger partial charge is 0.257 e. The molecule has 1 aliphatic heterocycles. The van der Waals surface area contributed by atoms with Crippen molar-refractivity contribution in [1.29, 1.82) is 0 Å². The minimum absolute atomic E-state index is 0.0220. The number of hydrogen-bond acceptors (Lipinski definition) is 5. The van der Waals surface area contributed by atoms with Gasteiger partial charge in [-0.2, -0.15) is 0 Å². The van der Waals surface area contributed by atoms with Crippen molar-refractivity contribution in [2.24, 2.45) is 5.92 Å². The molecule has 0 aliphatic carbocycles. The van der Waals surface area contributed by atoms with Crippen LogP contribution in [0.2, 0.25) is 0 Å². The van der Waals surface area contributed by atoms with E-state index in [1.807, 2.05) is 6.07 Å². The van der Waals surface area contributed by atoms with E-state index >= 15 is 0 Å². The van der Waals surface area contributed by atoms with Crippen molar-refractivity contribution in [2.45, 2.75) is 20.3 Å². The molecule has 2 amide bonds. The van der Waals surface area contributed by atoms with Crippen LogP contribution in [-0.4, -0.2) is 54.7 Å². The maximum absolute atomic E-state index is 12.5. The second-order valence-electron chi connectivity index (χ2n) is 7.95. The Balaban J connectivity index is 1.51. The highest BCUT2D eigenvalue weighted by atomic mass is 32.1. The Bertz CT molecular complexity index is 941. The average Bonchev–Trinajstić information content (AvgIpc) is 2.79. The number of rotatable bonds is 7. The normalized spacial score (nSPS) is 13.5. The van der Waals surface area contributed by atoms with Crippen molar-refractivity contribution in [3.05, 3.63) is 59.7 Å². The van der Waals surface area contributed by atoms with Crippen LogP contribution in [0.1, 0.15) is 41.0 Å². The molecule has 0 saturated carbocycles. The number of hydrogen-bond donors (Lipinski definition) is 2. The van der Waals surface area contributed by atoms with E-state index in [0.29, 0.717) is 61.4 Å². The number of ether oxygens (including phenoxy) is 2. The van der Waals surface area contributed by atoms with E-state index in [1.165, 1.54) is 0 Å². The van der Waals surface area contributed by atoms with E-state index in [4.69, 9.17) is 21.7 Å². The van der Waals surface area contributed by atoms with E-state index in [1.54, 1.807) is 47.4 Å². The second kappa shape index (κ2) is 11.6. The summed E-state index contributed by atoms with van der Waals surface area (Å²) in [5.74, 6) is 0.858. The number of thiocarbonyl (C=S) groups is 1. The Morgan fingerprint density at radius 2 is 1.81 bits per heavy atom. The van der Waals surface area contributed by atoms with E-state index in [9.17, 15) is 9.59 Å². The lowest BCUT2D eigenvalue weighted by atomic mass is 10.1. The molecule has 0 unspecified atom stereocenters. The van der Waals surface area contributed by atoms with Crippen molar-refractivity contribution in [3.8, 4) is 5.75 Å². The standard InChI is InChI=1S/C24H29N3O4S/c1-17(2)10-13-31-21-5-3-4-19(16-21)22(28)26-24(32)25-20-8-6-18(7-9-20)23(29)27-11-14-30-15-12-27/h3-9,16-17H,10-15H2,1-2H3,(H2,25,26,28,32). The summed E-state index contributed by atoms with van der Waals surface area (Å²) in [6, 6.07) is 14.0. The molecule has 1 saturated heterocycles. The van der Waals surface area contributed by atoms with Crippen LogP contribution in [0.25, 0.3) is 0 Å². The van der Waals surface area contributed by atoms with Gasteiger partial charge in [0.05, 0.1) is 19.8 Å². The third kappa shape index (κ3) is 7.03. The molecule has 1 fully saturated rings. The molecule has 2 aromatic rings. The largest absolute Gasteiger partial charge is 0.494 e. The fourth-order valence-corrected chi connectivity index (χ4v) is 3.33. The second-order valence-corrected chi connectivity index (χ2v) is 8.36. The van der Waals surface area contributed by atoms with Gasteiger partial charge >= 0.3 is 0 Å². The zero-order valence-corrected chi connectivity index (χ0v) is 19.2. The Kier molecular flexibility index (Phi) is 8.58. The number of carbonyl (C=O) groups excluding carboxylic acids is 2. The molecular weight excluding hydrogens is 426 g/mol. The molecule has 0 aromatic heterocycles. The predicted octanol–water partition coefficient (Wildman–Crippen LogP) is 3.71. The van der Waals surface area contributed by atoms with Crippen LogP contribution in [0.15, 0.2) is 48.5 Å². The summed E-state index contributed by atoms with van der Waals surface area (Å²) < 4.78 is 11.0. The minimum Gasteiger partial charge on any atom is -0.494 e. The van der Waals surface area contributed by atoms with Crippen molar-refractivity contribution in [3.63, 3.8) is 0 Å². The first-order chi connectivity index (χ1) is 15.4. The SMILES string of the molecule is CC(C)CCOc1cccc(C(=O)NC(=S)Nc2ccc(C(=O)N3CCOCC3)cc2)c1. The molecule has 3 rings (SSSR count). The van der Waals surface area contributed by atoms with Crippen LogP contribution < -0.4 is 15.4 Å². The highest BCUT2D eigenvalue weighted by molar-refractivity contribution is 7.80. The van der Waals surface area contributed by atoms with E-state index in [-0.39, 0.29) is 16.9 Å². The quantitative estimate of drug-likeness (QED) is 0.620. The molecule has 2 aromatic carbocycles. The first-order valence-corrected chi connectivity index (χ1v) is 11.2. The number of amides is 2. The Labute approximate surface area is 194 Å². The van der Waals surface area contributed by atoms with Gasteiger partial charge in [0.25, 0.3) is 11.8 Å². The van der Waals surface area contributed by atoms with Crippen molar-refractivity contribution in [1.82, 2.24) is 10.2 Å². The van der Waals surface area contributed by atoms with E-state index < -0.39 is 0 Å². The summed E-state index contributed by atoms with van der Waals surface area (Å²) in [6.07, 6.45) is 0.946. The molecule has 0 bridgehead atoms. The fourth-order valence-electron chi connectivity index (χ4n) is 3.12. The number of benzene rings is 2. The summed E-state index contributed by atoms with van der Waals surface area (Å²) >= 11 is 5.27. The van der Waals surface area contributed by atoms with Crippen LogP contribution in [0, 0.1) is 5.92 Å². The van der Waals surface area contributed by atoms with Crippen LogP contribution in [0.5, 0.6) is 5.75 Å². The van der Waals surface area contributed by atoms with Gasteiger partial charge in [0.15, 0.2) is 5.11 Å². The number of carbonyl (C=O) groups is 2. The highest BCUT2D eigenvalue weighted by Crippen LogP contribution is 2.15. The van der Waals surface area contributed by atoms with Crippen LogP contribution in [-0.2, 0) is 4.74 Å². The van der Waals surface area contributed by atoms with Gasteiger partial charge in [-0.25, -0.2) is 0 Å². The maximum Gasteiger partial charge on any atom is 0.257 e. The Hall–Kier alpha value is -2.97. The average molecular weight is 456 g/mol. The van der Waals surface area contributed by atoms with Crippen LogP contribution in [0.4, 0.5) is 5.69 Å². The molecule has 8 heteroatoms. The summed E-state index contributed by atoms with van der Waals surface area (Å²) in [7, 11) is 0. The molecular formula is C24H29N3O4S. The predicted molar refractivity (Wildman–Crippen MR) is 128 cm³/mol. The van der Waals surface area contributed by atoms with Crippen LogP contribution in [0.3, 0.4) is 0 Å². The maximum atomic E-state index is 12.5. The summed E-state index contributed by atoms with van der Waals surface area (Å²) in [6.45, 7) is 7.19. The van der Waals surface area contributed by atoms with E-state index in [0.717, 1.165) is 6.42 Å². The zero-order valence-electron chi connectivity index (χ0n) is 18.4. The molecule has 0 spiro atoms. The first-order valence-electron chi connectivity index (χ1n) is 10.7. The van der Waals surface area contributed by atoms with Crippen molar-refractivity contribution < 1.29 is 19.1 Å². The van der Waals surface area contributed by atoms with E-state index in [2.05, 4.69) is 24.5 Å². The van der Waals surface area contributed by atoms with Gasteiger partial charge in [-0.3, -0.25) is 14.9 Å². The molecule has 7 nitrogen and oxygen atoms in total.